The van der Waals surface area contributed by atoms with Crippen molar-refractivity contribution in [2.75, 3.05) is 0 Å². The van der Waals surface area contributed by atoms with Crippen LogP contribution in [0.15, 0.2) is 36.5 Å². The summed E-state index contributed by atoms with van der Waals surface area (Å²) in [6.45, 7) is 1.76. The van der Waals surface area contributed by atoms with Crippen molar-refractivity contribution in [1.82, 2.24) is 9.97 Å². The molecule has 0 aliphatic rings. The normalized spacial score (nSPS) is 10.1. The fourth-order valence-electron chi connectivity index (χ4n) is 1.45. The van der Waals surface area contributed by atoms with Gasteiger partial charge in [0.15, 0.2) is 5.69 Å². The molecule has 0 aromatic carbocycles. The number of carboxylic acids is 1. The Kier molecular flexibility index (Phi) is 2.64. The highest BCUT2D eigenvalue weighted by Gasteiger charge is 2.13. The first-order valence-corrected chi connectivity index (χ1v) is 4.81. The van der Waals surface area contributed by atoms with Gasteiger partial charge in [-0.15, -0.1) is 0 Å². The molecule has 0 amide bonds. The fourth-order valence-corrected chi connectivity index (χ4v) is 1.45. The van der Waals surface area contributed by atoms with E-state index in [1.807, 2.05) is 6.07 Å². The van der Waals surface area contributed by atoms with E-state index in [1.165, 1.54) is 0 Å². The predicted octanol–water partition coefficient (Wildman–Crippen LogP) is 2.15. The Balaban J connectivity index is 2.61. The molecule has 1 N–H and O–H groups in total. The number of rotatable bonds is 2. The standard InChI is InChI=1S/C12H10N2O2/c1-8-5-6-9(11(14-8)12(15)16)10-4-2-3-7-13-10/h2-7H,1H3,(H,15,16). The maximum Gasteiger partial charge on any atom is 0.355 e. The van der Waals surface area contributed by atoms with Crippen molar-refractivity contribution in [2.45, 2.75) is 6.92 Å². The molecule has 2 rings (SSSR count). The summed E-state index contributed by atoms with van der Waals surface area (Å²) >= 11 is 0. The van der Waals surface area contributed by atoms with Crippen molar-refractivity contribution in [3.8, 4) is 11.3 Å². The molecule has 0 radical (unpaired) electrons. The second kappa shape index (κ2) is 4.10. The molecule has 2 heterocycles. The molecule has 80 valence electrons. The lowest BCUT2D eigenvalue weighted by Gasteiger charge is -2.05. The van der Waals surface area contributed by atoms with E-state index in [-0.39, 0.29) is 5.69 Å². The van der Waals surface area contributed by atoms with Crippen molar-refractivity contribution < 1.29 is 9.90 Å². The maximum atomic E-state index is 11.1. The van der Waals surface area contributed by atoms with Gasteiger partial charge >= 0.3 is 5.97 Å². The Morgan fingerprint density at radius 3 is 2.69 bits per heavy atom. The minimum absolute atomic E-state index is 0.0405. The minimum atomic E-state index is -1.04. The lowest BCUT2D eigenvalue weighted by atomic mass is 10.1. The summed E-state index contributed by atoms with van der Waals surface area (Å²) in [6.07, 6.45) is 1.63. The fraction of sp³-hybridized carbons (Fsp3) is 0.0833. The Morgan fingerprint density at radius 2 is 2.06 bits per heavy atom. The van der Waals surface area contributed by atoms with Crippen LogP contribution >= 0.6 is 0 Å². The van der Waals surface area contributed by atoms with Gasteiger partial charge in [-0.25, -0.2) is 9.78 Å². The molecular formula is C12H10N2O2. The van der Waals surface area contributed by atoms with Crippen LogP contribution in [-0.2, 0) is 0 Å². The molecule has 0 aliphatic heterocycles. The number of nitrogens with zero attached hydrogens (tertiary/aromatic N) is 2. The lowest BCUT2D eigenvalue weighted by Crippen LogP contribution is -2.04. The first-order valence-electron chi connectivity index (χ1n) is 4.81. The highest BCUT2D eigenvalue weighted by atomic mass is 16.4. The van der Waals surface area contributed by atoms with Crippen LogP contribution in [0.3, 0.4) is 0 Å². The molecular weight excluding hydrogens is 204 g/mol. The van der Waals surface area contributed by atoms with E-state index < -0.39 is 5.97 Å². The predicted molar refractivity (Wildman–Crippen MR) is 59.2 cm³/mol. The number of carboxylic acid groups (broad SMARTS) is 1. The largest absolute Gasteiger partial charge is 0.476 e. The van der Waals surface area contributed by atoms with Crippen LogP contribution in [0.2, 0.25) is 0 Å². The summed E-state index contributed by atoms with van der Waals surface area (Å²) in [5.74, 6) is -1.04. The van der Waals surface area contributed by atoms with Gasteiger partial charge in [0.25, 0.3) is 0 Å². The van der Waals surface area contributed by atoms with Gasteiger partial charge in [0.2, 0.25) is 0 Å². The van der Waals surface area contributed by atoms with Crippen molar-refractivity contribution >= 4 is 5.97 Å². The summed E-state index contributed by atoms with van der Waals surface area (Å²) < 4.78 is 0. The second-order valence-electron chi connectivity index (χ2n) is 3.37. The number of carbonyl (C=O) groups is 1. The van der Waals surface area contributed by atoms with Crippen molar-refractivity contribution in [2.24, 2.45) is 0 Å². The van der Waals surface area contributed by atoms with E-state index in [0.717, 1.165) is 0 Å². The van der Waals surface area contributed by atoms with Crippen LogP contribution in [-0.4, -0.2) is 21.0 Å². The molecule has 2 aromatic rings. The Labute approximate surface area is 92.6 Å². The molecule has 16 heavy (non-hydrogen) atoms. The summed E-state index contributed by atoms with van der Waals surface area (Å²) in [5, 5.41) is 9.06. The minimum Gasteiger partial charge on any atom is -0.476 e. The van der Waals surface area contributed by atoms with Crippen molar-refractivity contribution in [3.05, 3.63) is 47.9 Å². The van der Waals surface area contributed by atoms with Gasteiger partial charge in [-0.1, -0.05) is 6.07 Å². The van der Waals surface area contributed by atoms with Gasteiger partial charge in [-0.3, -0.25) is 4.98 Å². The zero-order valence-electron chi connectivity index (χ0n) is 8.71. The highest BCUT2D eigenvalue weighted by Crippen LogP contribution is 2.20. The number of aromatic carboxylic acids is 1. The van der Waals surface area contributed by atoms with E-state index in [1.54, 1.807) is 37.4 Å². The molecule has 0 bridgehead atoms. The van der Waals surface area contributed by atoms with E-state index >= 15 is 0 Å². The number of hydrogen-bond acceptors (Lipinski definition) is 3. The maximum absolute atomic E-state index is 11.1. The molecule has 0 saturated heterocycles. The average molecular weight is 214 g/mol. The SMILES string of the molecule is Cc1ccc(-c2ccccn2)c(C(=O)O)n1. The van der Waals surface area contributed by atoms with Crippen LogP contribution in [0, 0.1) is 6.92 Å². The Bertz CT molecular complexity index is 524. The summed E-state index contributed by atoms with van der Waals surface area (Å²) in [6, 6.07) is 8.86. The van der Waals surface area contributed by atoms with Crippen LogP contribution in [0.1, 0.15) is 16.2 Å². The van der Waals surface area contributed by atoms with E-state index in [0.29, 0.717) is 17.0 Å². The molecule has 0 saturated carbocycles. The highest BCUT2D eigenvalue weighted by molar-refractivity contribution is 5.93. The van der Waals surface area contributed by atoms with Gasteiger partial charge in [-0.2, -0.15) is 0 Å². The number of aryl methyl sites for hydroxylation is 1. The quantitative estimate of drug-likeness (QED) is 0.831. The number of aromatic nitrogens is 2. The van der Waals surface area contributed by atoms with E-state index in [2.05, 4.69) is 9.97 Å². The molecule has 0 spiro atoms. The number of pyridine rings is 2. The first-order chi connectivity index (χ1) is 7.68. The molecule has 0 aliphatic carbocycles. The van der Waals surface area contributed by atoms with Gasteiger partial charge in [0, 0.05) is 17.5 Å². The summed E-state index contributed by atoms with van der Waals surface area (Å²) in [5.41, 5.74) is 1.88. The molecule has 4 nitrogen and oxygen atoms in total. The monoisotopic (exact) mass is 214 g/mol. The third-order valence-corrected chi connectivity index (χ3v) is 2.18. The zero-order chi connectivity index (χ0) is 11.5. The summed E-state index contributed by atoms with van der Waals surface area (Å²) in [7, 11) is 0. The molecule has 0 atom stereocenters. The number of hydrogen-bond donors (Lipinski definition) is 1. The zero-order valence-corrected chi connectivity index (χ0v) is 8.71. The van der Waals surface area contributed by atoms with Crippen molar-refractivity contribution in [1.29, 1.82) is 0 Å². The lowest BCUT2D eigenvalue weighted by molar-refractivity contribution is 0.0691. The first kappa shape index (κ1) is 10.3. The van der Waals surface area contributed by atoms with E-state index in [4.69, 9.17) is 5.11 Å². The van der Waals surface area contributed by atoms with Crippen molar-refractivity contribution in [3.63, 3.8) is 0 Å². The van der Waals surface area contributed by atoms with Crippen LogP contribution < -0.4 is 0 Å². The van der Waals surface area contributed by atoms with Gasteiger partial charge in [0.05, 0.1) is 5.69 Å². The van der Waals surface area contributed by atoms with Crippen LogP contribution in [0.4, 0.5) is 0 Å². The van der Waals surface area contributed by atoms with Gasteiger partial charge in [0.1, 0.15) is 0 Å². The molecule has 0 unspecified atom stereocenters. The van der Waals surface area contributed by atoms with Crippen LogP contribution in [0.5, 0.6) is 0 Å². The molecule has 0 fully saturated rings. The Hall–Kier alpha value is -2.23. The Morgan fingerprint density at radius 1 is 1.25 bits per heavy atom. The van der Waals surface area contributed by atoms with E-state index in [9.17, 15) is 4.79 Å². The average Bonchev–Trinajstić information content (AvgIpc) is 2.30. The topological polar surface area (TPSA) is 63.1 Å². The molecule has 4 heteroatoms. The molecule has 2 aromatic heterocycles. The van der Waals surface area contributed by atoms with Gasteiger partial charge in [-0.05, 0) is 31.2 Å². The third kappa shape index (κ3) is 1.91. The second-order valence-corrected chi connectivity index (χ2v) is 3.37. The van der Waals surface area contributed by atoms with Crippen LogP contribution in [0.25, 0.3) is 11.3 Å². The van der Waals surface area contributed by atoms with Gasteiger partial charge < -0.3 is 5.11 Å². The summed E-state index contributed by atoms with van der Waals surface area (Å²) in [4.78, 5) is 19.2. The third-order valence-electron chi connectivity index (χ3n) is 2.18. The smallest absolute Gasteiger partial charge is 0.355 e.